The molecule has 2 aromatic rings. The van der Waals surface area contributed by atoms with Gasteiger partial charge in [-0.2, -0.15) is 0 Å². The van der Waals surface area contributed by atoms with Gasteiger partial charge in [0.2, 0.25) is 0 Å². The fourth-order valence-electron chi connectivity index (χ4n) is 2.77. The lowest BCUT2D eigenvalue weighted by atomic mass is 10.0. The first-order valence-electron chi connectivity index (χ1n) is 9.51. The predicted molar refractivity (Wildman–Crippen MR) is 115 cm³/mol. The molecule has 150 valence electrons. The van der Waals surface area contributed by atoms with E-state index < -0.39 is 0 Å². The third-order valence-electron chi connectivity index (χ3n) is 4.22. The van der Waals surface area contributed by atoms with Gasteiger partial charge in [-0.1, -0.05) is 25.1 Å². The first-order valence-corrected chi connectivity index (χ1v) is 9.51. The maximum atomic E-state index is 14.9. The molecule has 0 bridgehead atoms. The smallest absolute Gasteiger partial charge is 0.325 e. The monoisotopic (exact) mass is 384 g/mol. The molecule has 2 rings (SSSR count). The Hall–Kier alpha value is -2.82. The number of halogens is 1. The lowest BCUT2D eigenvalue weighted by Crippen LogP contribution is -2.20. The summed E-state index contributed by atoms with van der Waals surface area (Å²) in [5.41, 5.74) is 4.12. The molecule has 0 aliphatic heterocycles. The number of esters is 1. The average molecular weight is 384 g/mol. The molecule has 0 saturated heterocycles. The van der Waals surface area contributed by atoms with E-state index in [9.17, 15) is 9.18 Å². The minimum Gasteiger partial charge on any atom is -0.462 e. The van der Waals surface area contributed by atoms with Gasteiger partial charge in [0.25, 0.3) is 0 Å². The van der Waals surface area contributed by atoms with E-state index in [0.717, 1.165) is 23.4 Å². The normalized spacial score (nSPS) is 11.5. The van der Waals surface area contributed by atoms with Gasteiger partial charge in [-0.25, -0.2) is 4.39 Å². The van der Waals surface area contributed by atoms with Crippen molar-refractivity contribution in [1.29, 1.82) is 0 Å². The first-order chi connectivity index (χ1) is 13.3. The van der Waals surface area contributed by atoms with Crippen LogP contribution >= 0.6 is 0 Å². The largest absolute Gasteiger partial charge is 0.462 e. The molecule has 0 fully saturated rings. The molecule has 4 nitrogen and oxygen atoms in total. The lowest BCUT2D eigenvalue weighted by Gasteiger charge is -2.18. The van der Waals surface area contributed by atoms with Crippen LogP contribution in [0.1, 0.15) is 37.5 Å². The number of hydrogen-bond acceptors (Lipinski definition) is 4. The van der Waals surface area contributed by atoms with Crippen molar-refractivity contribution >= 4 is 29.2 Å². The van der Waals surface area contributed by atoms with Crippen molar-refractivity contribution in [1.82, 2.24) is 0 Å². The molecule has 0 radical (unpaired) electrons. The molecule has 1 N–H and O–H groups in total. The second-order valence-corrected chi connectivity index (χ2v) is 7.11. The van der Waals surface area contributed by atoms with Gasteiger partial charge >= 0.3 is 5.97 Å². The van der Waals surface area contributed by atoms with Gasteiger partial charge in [-0.3, -0.25) is 4.79 Å². The van der Waals surface area contributed by atoms with Gasteiger partial charge in [0, 0.05) is 31.0 Å². The summed E-state index contributed by atoms with van der Waals surface area (Å²) in [4.78, 5) is 13.5. The molecule has 0 heterocycles. The van der Waals surface area contributed by atoms with E-state index in [-0.39, 0.29) is 24.4 Å². The molecule has 0 aromatic heterocycles. The molecule has 0 aliphatic carbocycles. The molecule has 0 amide bonds. The molecular formula is C23H29FN2O2. The van der Waals surface area contributed by atoms with Crippen molar-refractivity contribution in [2.24, 2.45) is 0 Å². The van der Waals surface area contributed by atoms with Crippen LogP contribution in [0.15, 0.2) is 42.5 Å². The maximum absolute atomic E-state index is 14.9. The summed E-state index contributed by atoms with van der Waals surface area (Å²) >= 11 is 0. The number of hydrogen-bond donors (Lipinski definition) is 1. The average Bonchev–Trinajstić information content (AvgIpc) is 2.66. The quantitative estimate of drug-likeness (QED) is 0.505. The van der Waals surface area contributed by atoms with E-state index in [1.54, 1.807) is 0 Å². The van der Waals surface area contributed by atoms with Gasteiger partial charge in [-0.15, -0.1) is 0 Å². The van der Waals surface area contributed by atoms with Crippen LogP contribution in [0.2, 0.25) is 0 Å². The summed E-state index contributed by atoms with van der Waals surface area (Å²) < 4.78 is 20.0. The van der Waals surface area contributed by atoms with Gasteiger partial charge in [0.1, 0.15) is 12.4 Å². The van der Waals surface area contributed by atoms with Gasteiger partial charge in [0.15, 0.2) is 0 Å². The molecule has 0 spiro atoms. The minimum absolute atomic E-state index is 0.0949. The molecule has 5 heteroatoms. The molecule has 0 unspecified atom stereocenters. The SMILES string of the molecule is CCc1ccc(/C(F)=C/c2ccc(NCC(=O)OC(C)C)cc2)c(N(C)C)c1. The predicted octanol–water partition coefficient (Wildman–Crippen LogP) is 5.15. The number of rotatable bonds is 8. The highest BCUT2D eigenvalue weighted by Crippen LogP contribution is 2.30. The van der Waals surface area contributed by atoms with Gasteiger partial charge in [-0.05, 0) is 61.7 Å². The topological polar surface area (TPSA) is 41.6 Å². The highest BCUT2D eigenvalue weighted by atomic mass is 19.1. The summed E-state index contributed by atoms with van der Waals surface area (Å²) in [7, 11) is 3.83. The molecule has 28 heavy (non-hydrogen) atoms. The third kappa shape index (κ3) is 6.12. The van der Waals surface area contributed by atoms with Crippen LogP contribution in [-0.2, 0) is 16.0 Å². The Morgan fingerprint density at radius 3 is 2.43 bits per heavy atom. The highest BCUT2D eigenvalue weighted by Gasteiger charge is 2.11. The van der Waals surface area contributed by atoms with E-state index >= 15 is 0 Å². The number of aryl methyl sites for hydroxylation is 1. The van der Waals surface area contributed by atoms with Crippen LogP contribution in [-0.4, -0.2) is 32.7 Å². The summed E-state index contributed by atoms with van der Waals surface area (Å²) in [5.74, 6) is -0.593. The standard InChI is InChI=1S/C23H29FN2O2/c1-6-17-9-12-20(22(14-17)26(4)5)21(24)13-18-7-10-19(11-8-18)25-15-23(27)28-16(2)3/h7-14,16,25H,6,15H2,1-5H3/b21-13-. The summed E-state index contributed by atoms with van der Waals surface area (Å²) in [6.07, 6.45) is 2.29. The van der Waals surface area contributed by atoms with Crippen molar-refractivity contribution in [3.05, 3.63) is 59.2 Å². The number of nitrogens with one attached hydrogen (secondary N) is 1. The van der Waals surface area contributed by atoms with Crippen molar-refractivity contribution in [2.75, 3.05) is 30.9 Å². The van der Waals surface area contributed by atoms with Gasteiger partial charge in [0.05, 0.1) is 6.10 Å². The minimum atomic E-state index is -0.309. The van der Waals surface area contributed by atoms with Crippen LogP contribution in [0, 0.1) is 0 Å². The summed E-state index contributed by atoms with van der Waals surface area (Å²) in [6.45, 7) is 5.80. The van der Waals surface area contributed by atoms with Crippen LogP contribution in [0.3, 0.4) is 0 Å². The van der Waals surface area contributed by atoms with Crippen molar-refractivity contribution in [2.45, 2.75) is 33.3 Å². The van der Waals surface area contributed by atoms with E-state index in [2.05, 4.69) is 12.2 Å². The second-order valence-electron chi connectivity index (χ2n) is 7.11. The van der Waals surface area contributed by atoms with Crippen molar-refractivity contribution in [3.8, 4) is 0 Å². The fourth-order valence-corrected chi connectivity index (χ4v) is 2.77. The Labute approximate surface area is 167 Å². The van der Waals surface area contributed by atoms with Crippen LogP contribution in [0.5, 0.6) is 0 Å². The van der Waals surface area contributed by atoms with Crippen molar-refractivity contribution < 1.29 is 13.9 Å². The zero-order chi connectivity index (χ0) is 20.7. The molecule has 0 atom stereocenters. The van der Waals surface area contributed by atoms with Gasteiger partial charge < -0.3 is 15.0 Å². The number of carbonyl (C=O) groups excluding carboxylic acids is 1. The van der Waals surface area contributed by atoms with Crippen LogP contribution in [0.4, 0.5) is 15.8 Å². The van der Waals surface area contributed by atoms with E-state index in [0.29, 0.717) is 5.56 Å². The van der Waals surface area contributed by atoms with E-state index in [1.807, 2.05) is 75.3 Å². The molecule has 0 saturated carbocycles. The van der Waals surface area contributed by atoms with E-state index in [1.165, 1.54) is 11.6 Å². The number of benzene rings is 2. The number of nitrogens with zero attached hydrogens (tertiary/aromatic N) is 1. The Kier molecular flexibility index (Phi) is 7.61. The molecular weight excluding hydrogens is 355 g/mol. The Balaban J connectivity index is 2.12. The summed E-state index contributed by atoms with van der Waals surface area (Å²) in [5, 5.41) is 3.00. The first kappa shape index (κ1) is 21.5. The summed E-state index contributed by atoms with van der Waals surface area (Å²) in [6, 6.07) is 13.1. The number of ether oxygens (including phenoxy) is 1. The molecule has 2 aromatic carbocycles. The number of carbonyl (C=O) groups is 1. The van der Waals surface area contributed by atoms with Crippen LogP contribution in [0.25, 0.3) is 11.9 Å². The molecule has 0 aliphatic rings. The lowest BCUT2D eigenvalue weighted by molar-refractivity contribution is -0.145. The fraction of sp³-hybridized carbons (Fsp3) is 0.348. The number of anilines is 2. The Bertz CT molecular complexity index is 827. The Morgan fingerprint density at radius 2 is 1.86 bits per heavy atom. The highest BCUT2D eigenvalue weighted by molar-refractivity contribution is 5.83. The van der Waals surface area contributed by atoms with Crippen LogP contribution < -0.4 is 10.2 Å². The zero-order valence-corrected chi connectivity index (χ0v) is 17.3. The maximum Gasteiger partial charge on any atom is 0.325 e. The second kappa shape index (κ2) is 9.93. The Morgan fingerprint density at radius 1 is 1.18 bits per heavy atom. The van der Waals surface area contributed by atoms with Crippen molar-refractivity contribution in [3.63, 3.8) is 0 Å². The van der Waals surface area contributed by atoms with E-state index in [4.69, 9.17) is 4.74 Å². The third-order valence-corrected chi connectivity index (χ3v) is 4.22. The zero-order valence-electron chi connectivity index (χ0n) is 17.3.